The Hall–Kier alpha value is -1.62. The SMILES string of the molecule is CCNc1ncccc1CN1CCC(C)(C(N)=O)C1. The van der Waals surface area contributed by atoms with Gasteiger partial charge >= 0.3 is 0 Å². The highest BCUT2D eigenvalue weighted by Crippen LogP contribution is 2.30. The largest absolute Gasteiger partial charge is 0.370 e. The van der Waals surface area contributed by atoms with E-state index in [4.69, 9.17) is 5.73 Å². The Balaban J connectivity index is 2.05. The van der Waals surface area contributed by atoms with Crippen molar-refractivity contribution in [3.63, 3.8) is 0 Å². The topological polar surface area (TPSA) is 71.2 Å². The Bertz CT molecular complexity index is 463. The van der Waals surface area contributed by atoms with Crippen LogP contribution in [0.1, 0.15) is 25.8 Å². The Kier molecular flexibility index (Phi) is 4.04. The van der Waals surface area contributed by atoms with Gasteiger partial charge in [-0.05, 0) is 32.9 Å². The summed E-state index contributed by atoms with van der Waals surface area (Å²) < 4.78 is 0. The minimum atomic E-state index is -0.388. The standard InChI is InChI=1S/C14H22N4O/c1-3-16-12-11(5-4-7-17-12)9-18-8-6-14(2,10-18)13(15)19/h4-5,7H,3,6,8-10H2,1-2H3,(H2,15,19)(H,16,17). The molecule has 1 aliphatic rings. The lowest BCUT2D eigenvalue weighted by atomic mass is 9.89. The van der Waals surface area contributed by atoms with Gasteiger partial charge in [-0.2, -0.15) is 0 Å². The third-order valence-electron chi connectivity index (χ3n) is 3.78. The van der Waals surface area contributed by atoms with E-state index in [1.54, 1.807) is 6.20 Å². The summed E-state index contributed by atoms with van der Waals surface area (Å²) in [5, 5.41) is 3.26. The van der Waals surface area contributed by atoms with Crippen LogP contribution in [0, 0.1) is 5.41 Å². The average Bonchev–Trinajstić information content (AvgIpc) is 2.75. The van der Waals surface area contributed by atoms with E-state index in [0.29, 0.717) is 0 Å². The summed E-state index contributed by atoms with van der Waals surface area (Å²) in [7, 11) is 0. The quantitative estimate of drug-likeness (QED) is 0.836. The van der Waals surface area contributed by atoms with Crippen LogP contribution in [0.5, 0.6) is 0 Å². The monoisotopic (exact) mass is 262 g/mol. The molecule has 1 saturated heterocycles. The molecule has 0 radical (unpaired) electrons. The Morgan fingerprint density at radius 1 is 1.63 bits per heavy atom. The number of hydrogen-bond acceptors (Lipinski definition) is 4. The molecule has 0 aliphatic carbocycles. The van der Waals surface area contributed by atoms with Gasteiger partial charge in [0.2, 0.25) is 5.91 Å². The van der Waals surface area contributed by atoms with E-state index in [9.17, 15) is 4.79 Å². The van der Waals surface area contributed by atoms with Gasteiger partial charge in [0.05, 0.1) is 5.41 Å². The van der Waals surface area contributed by atoms with Gasteiger partial charge in [0, 0.05) is 31.4 Å². The van der Waals surface area contributed by atoms with Crippen LogP contribution >= 0.6 is 0 Å². The first-order valence-electron chi connectivity index (χ1n) is 6.75. The van der Waals surface area contributed by atoms with Crippen molar-refractivity contribution in [2.45, 2.75) is 26.8 Å². The zero-order valence-electron chi connectivity index (χ0n) is 11.6. The molecule has 1 amide bonds. The van der Waals surface area contributed by atoms with Crippen LogP contribution < -0.4 is 11.1 Å². The zero-order chi connectivity index (χ0) is 13.9. The maximum absolute atomic E-state index is 11.5. The lowest BCUT2D eigenvalue weighted by Crippen LogP contribution is -2.37. The molecule has 2 heterocycles. The molecule has 1 aromatic heterocycles. The number of nitrogens with one attached hydrogen (secondary N) is 1. The van der Waals surface area contributed by atoms with Gasteiger partial charge in [-0.3, -0.25) is 9.69 Å². The number of rotatable bonds is 5. The lowest BCUT2D eigenvalue weighted by Gasteiger charge is -2.21. The number of hydrogen-bond donors (Lipinski definition) is 2. The van der Waals surface area contributed by atoms with E-state index in [1.807, 2.05) is 13.0 Å². The molecule has 1 fully saturated rings. The molecule has 5 nitrogen and oxygen atoms in total. The summed E-state index contributed by atoms with van der Waals surface area (Å²) in [6, 6.07) is 4.02. The van der Waals surface area contributed by atoms with Crippen molar-refractivity contribution in [1.82, 2.24) is 9.88 Å². The number of primary amides is 1. The predicted molar refractivity (Wildman–Crippen MR) is 75.6 cm³/mol. The molecule has 5 heteroatoms. The normalized spacial score (nSPS) is 23.5. The van der Waals surface area contributed by atoms with Gasteiger partial charge in [-0.1, -0.05) is 6.07 Å². The molecule has 0 spiro atoms. The van der Waals surface area contributed by atoms with Gasteiger partial charge in [-0.15, -0.1) is 0 Å². The predicted octanol–water partition coefficient (Wildman–Crippen LogP) is 1.21. The van der Waals surface area contributed by atoms with Crippen LogP contribution in [-0.4, -0.2) is 35.4 Å². The molecule has 1 atom stereocenters. The third kappa shape index (κ3) is 3.04. The number of pyridine rings is 1. The molecule has 19 heavy (non-hydrogen) atoms. The van der Waals surface area contributed by atoms with E-state index in [0.717, 1.165) is 44.0 Å². The number of carbonyl (C=O) groups excluding carboxylic acids is 1. The molecular weight excluding hydrogens is 240 g/mol. The fourth-order valence-corrected chi connectivity index (χ4v) is 2.53. The van der Waals surface area contributed by atoms with Crippen molar-refractivity contribution >= 4 is 11.7 Å². The molecule has 1 unspecified atom stereocenters. The Morgan fingerprint density at radius 2 is 2.42 bits per heavy atom. The number of aromatic nitrogens is 1. The summed E-state index contributed by atoms with van der Waals surface area (Å²) >= 11 is 0. The first-order valence-corrected chi connectivity index (χ1v) is 6.75. The van der Waals surface area contributed by atoms with Gasteiger partial charge in [0.25, 0.3) is 0 Å². The maximum Gasteiger partial charge on any atom is 0.224 e. The summed E-state index contributed by atoms with van der Waals surface area (Å²) in [6.07, 6.45) is 2.62. The van der Waals surface area contributed by atoms with E-state index >= 15 is 0 Å². The van der Waals surface area contributed by atoms with Crippen molar-refractivity contribution in [1.29, 1.82) is 0 Å². The van der Waals surface area contributed by atoms with Crippen LogP contribution in [0.4, 0.5) is 5.82 Å². The van der Waals surface area contributed by atoms with E-state index in [2.05, 4.69) is 28.2 Å². The second kappa shape index (κ2) is 5.57. The van der Waals surface area contributed by atoms with Crippen LogP contribution in [0.2, 0.25) is 0 Å². The number of nitrogens with two attached hydrogens (primary N) is 1. The van der Waals surface area contributed by atoms with Crippen molar-refractivity contribution in [3.05, 3.63) is 23.9 Å². The van der Waals surface area contributed by atoms with Gasteiger partial charge < -0.3 is 11.1 Å². The molecule has 0 aromatic carbocycles. The lowest BCUT2D eigenvalue weighted by molar-refractivity contribution is -0.126. The molecule has 0 saturated carbocycles. The fraction of sp³-hybridized carbons (Fsp3) is 0.571. The van der Waals surface area contributed by atoms with Crippen LogP contribution in [0.15, 0.2) is 18.3 Å². The summed E-state index contributed by atoms with van der Waals surface area (Å²) in [5.41, 5.74) is 6.25. The molecule has 2 rings (SSSR count). The first kappa shape index (κ1) is 13.8. The minimum absolute atomic E-state index is 0.201. The van der Waals surface area contributed by atoms with Crippen molar-refractivity contribution in [2.24, 2.45) is 11.1 Å². The molecule has 1 aromatic rings. The van der Waals surface area contributed by atoms with Crippen molar-refractivity contribution < 1.29 is 4.79 Å². The van der Waals surface area contributed by atoms with Gasteiger partial charge in [0.1, 0.15) is 5.82 Å². The molecular formula is C14H22N4O. The summed E-state index contributed by atoms with van der Waals surface area (Å²) in [5.74, 6) is 0.728. The van der Waals surface area contributed by atoms with Crippen molar-refractivity contribution in [3.8, 4) is 0 Å². The number of anilines is 1. The molecule has 1 aliphatic heterocycles. The van der Waals surface area contributed by atoms with Gasteiger partial charge in [-0.25, -0.2) is 4.98 Å². The number of nitrogens with zero attached hydrogens (tertiary/aromatic N) is 2. The number of amides is 1. The highest BCUT2D eigenvalue weighted by atomic mass is 16.1. The zero-order valence-corrected chi connectivity index (χ0v) is 11.6. The second-order valence-electron chi connectivity index (χ2n) is 5.43. The number of likely N-dealkylation sites (tertiary alicyclic amines) is 1. The molecule has 0 bridgehead atoms. The first-order chi connectivity index (χ1) is 9.05. The fourth-order valence-electron chi connectivity index (χ4n) is 2.53. The summed E-state index contributed by atoms with van der Waals surface area (Å²) in [6.45, 7) is 7.28. The maximum atomic E-state index is 11.5. The highest BCUT2D eigenvalue weighted by molar-refractivity contribution is 5.81. The molecule has 3 N–H and O–H groups in total. The van der Waals surface area contributed by atoms with E-state index < -0.39 is 0 Å². The molecule has 104 valence electrons. The Labute approximate surface area is 114 Å². The van der Waals surface area contributed by atoms with Crippen LogP contribution in [0.3, 0.4) is 0 Å². The van der Waals surface area contributed by atoms with Crippen LogP contribution in [0.25, 0.3) is 0 Å². The second-order valence-corrected chi connectivity index (χ2v) is 5.43. The third-order valence-corrected chi connectivity index (χ3v) is 3.78. The highest BCUT2D eigenvalue weighted by Gasteiger charge is 2.38. The van der Waals surface area contributed by atoms with Crippen LogP contribution in [-0.2, 0) is 11.3 Å². The van der Waals surface area contributed by atoms with Gasteiger partial charge in [0.15, 0.2) is 0 Å². The average molecular weight is 262 g/mol. The smallest absolute Gasteiger partial charge is 0.224 e. The Morgan fingerprint density at radius 3 is 3.05 bits per heavy atom. The van der Waals surface area contributed by atoms with E-state index in [-0.39, 0.29) is 11.3 Å². The summed E-state index contributed by atoms with van der Waals surface area (Å²) in [4.78, 5) is 18.1. The minimum Gasteiger partial charge on any atom is -0.370 e. The number of carbonyl (C=O) groups is 1. The van der Waals surface area contributed by atoms with Crippen molar-refractivity contribution in [2.75, 3.05) is 25.0 Å². The van der Waals surface area contributed by atoms with E-state index in [1.165, 1.54) is 0 Å².